The van der Waals surface area contributed by atoms with Crippen molar-refractivity contribution in [2.24, 2.45) is 0 Å². The van der Waals surface area contributed by atoms with Crippen LogP contribution in [0.1, 0.15) is 25.7 Å². The molecule has 1 amide bonds. The molecule has 2 rings (SSSR count). The molecule has 1 aromatic rings. The molecule has 1 aliphatic rings. The number of amides is 1. The van der Waals surface area contributed by atoms with Crippen LogP contribution in [0.5, 0.6) is 6.01 Å². The molecule has 0 saturated carbocycles. The first-order chi connectivity index (χ1) is 9.29. The van der Waals surface area contributed by atoms with Gasteiger partial charge in [0.1, 0.15) is 6.10 Å². The van der Waals surface area contributed by atoms with Gasteiger partial charge in [0.2, 0.25) is 5.91 Å². The van der Waals surface area contributed by atoms with Crippen molar-refractivity contribution < 1.29 is 9.53 Å². The van der Waals surface area contributed by atoms with Gasteiger partial charge in [-0.3, -0.25) is 4.79 Å². The lowest BCUT2D eigenvalue weighted by molar-refractivity contribution is -0.133. The topological polar surface area (TPSA) is 55.3 Å². The minimum atomic E-state index is 0.0967. The van der Waals surface area contributed by atoms with Crippen molar-refractivity contribution in [1.29, 1.82) is 0 Å². The molecule has 0 bridgehead atoms. The normalized spacial score (nSPS) is 16.4. The van der Waals surface area contributed by atoms with Gasteiger partial charge >= 0.3 is 6.01 Å². The largest absolute Gasteiger partial charge is 0.460 e. The van der Waals surface area contributed by atoms with Crippen LogP contribution in [0.4, 0.5) is 0 Å². The fraction of sp³-hybridized carbons (Fsp3) is 0.615. The average molecular weight is 284 g/mol. The Bertz CT molecular complexity index is 394. The summed E-state index contributed by atoms with van der Waals surface area (Å²) in [5.74, 6) is 0.728. The first kappa shape index (κ1) is 14.1. The summed E-state index contributed by atoms with van der Waals surface area (Å²) in [5, 5.41) is 0. The third kappa shape index (κ3) is 4.35. The van der Waals surface area contributed by atoms with E-state index in [1.165, 1.54) is 0 Å². The molecule has 1 fully saturated rings. The van der Waals surface area contributed by atoms with E-state index in [9.17, 15) is 4.79 Å². The highest BCUT2D eigenvalue weighted by Gasteiger charge is 2.23. The van der Waals surface area contributed by atoms with Gasteiger partial charge in [-0.25, -0.2) is 9.97 Å². The fourth-order valence-corrected chi connectivity index (χ4v) is 2.23. The van der Waals surface area contributed by atoms with Gasteiger partial charge in [0.15, 0.2) is 0 Å². The zero-order chi connectivity index (χ0) is 13.5. The highest BCUT2D eigenvalue weighted by molar-refractivity contribution is 6.17. The Morgan fingerprint density at radius 2 is 2.05 bits per heavy atom. The molecular formula is C13H18ClN3O2. The van der Waals surface area contributed by atoms with E-state index in [2.05, 4.69) is 9.97 Å². The zero-order valence-corrected chi connectivity index (χ0v) is 11.6. The number of rotatable bonds is 5. The van der Waals surface area contributed by atoms with Crippen molar-refractivity contribution in [3.8, 4) is 6.01 Å². The Morgan fingerprint density at radius 1 is 1.37 bits per heavy atom. The average Bonchev–Trinajstić information content (AvgIpc) is 2.46. The fourth-order valence-electron chi connectivity index (χ4n) is 2.09. The first-order valence-corrected chi connectivity index (χ1v) is 7.10. The third-order valence-corrected chi connectivity index (χ3v) is 3.40. The SMILES string of the molecule is O=C(CCCCl)N1CCC(Oc2ncccn2)CC1. The summed E-state index contributed by atoms with van der Waals surface area (Å²) in [6, 6.07) is 2.17. The molecule has 2 heterocycles. The number of halogens is 1. The van der Waals surface area contributed by atoms with E-state index in [4.69, 9.17) is 16.3 Å². The van der Waals surface area contributed by atoms with E-state index in [0.29, 0.717) is 18.3 Å². The van der Waals surface area contributed by atoms with Crippen molar-refractivity contribution in [3.05, 3.63) is 18.5 Å². The van der Waals surface area contributed by atoms with Crippen LogP contribution in [-0.4, -0.2) is 45.8 Å². The van der Waals surface area contributed by atoms with Gasteiger partial charge in [-0.15, -0.1) is 11.6 Å². The number of carbonyl (C=O) groups excluding carboxylic acids is 1. The summed E-state index contributed by atoms with van der Waals surface area (Å²) in [6.07, 6.45) is 6.35. The standard InChI is InChI=1S/C13H18ClN3O2/c14-6-1-3-12(18)17-9-4-11(5-10-17)19-13-15-7-2-8-16-13/h2,7-8,11H,1,3-6,9-10H2. The summed E-state index contributed by atoms with van der Waals surface area (Å²) in [7, 11) is 0. The summed E-state index contributed by atoms with van der Waals surface area (Å²) in [4.78, 5) is 21.8. The van der Waals surface area contributed by atoms with Crippen molar-refractivity contribution in [2.45, 2.75) is 31.8 Å². The molecule has 0 aromatic carbocycles. The molecule has 5 nitrogen and oxygen atoms in total. The van der Waals surface area contributed by atoms with Gasteiger partial charge in [-0.1, -0.05) is 0 Å². The number of likely N-dealkylation sites (tertiary alicyclic amines) is 1. The Labute approximate surface area is 117 Å². The van der Waals surface area contributed by atoms with Crippen LogP contribution in [-0.2, 0) is 4.79 Å². The van der Waals surface area contributed by atoms with E-state index in [1.54, 1.807) is 18.5 Å². The second kappa shape index (κ2) is 7.28. The molecule has 0 radical (unpaired) electrons. The minimum absolute atomic E-state index is 0.0967. The Morgan fingerprint density at radius 3 is 2.68 bits per heavy atom. The second-order valence-corrected chi connectivity index (χ2v) is 4.90. The summed E-state index contributed by atoms with van der Waals surface area (Å²) in [6.45, 7) is 1.47. The van der Waals surface area contributed by atoms with Gasteiger partial charge in [-0.05, 0) is 12.5 Å². The molecule has 0 spiro atoms. The van der Waals surface area contributed by atoms with Crippen LogP contribution in [0.2, 0.25) is 0 Å². The van der Waals surface area contributed by atoms with Gasteiger partial charge in [0.05, 0.1) is 0 Å². The van der Waals surface area contributed by atoms with E-state index >= 15 is 0 Å². The lowest BCUT2D eigenvalue weighted by Gasteiger charge is -2.31. The molecule has 1 aliphatic heterocycles. The first-order valence-electron chi connectivity index (χ1n) is 6.57. The van der Waals surface area contributed by atoms with Gasteiger partial charge < -0.3 is 9.64 Å². The second-order valence-electron chi connectivity index (χ2n) is 4.52. The van der Waals surface area contributed by atoms with E-state index in [-0.39, 0.29) is 12.0 Å². The molecule has 0 N–H and O–H groups in total. The maximum Gasteiger partial charge on any atom is 0.316 e. The molecular weight excluding hydrogens is 266 g/mol. The van der Waals surface area contributed by atoms with E-state index in [0.717, 1.165) is 32.4 Å². The predicted molar refractivity (Wildman–Crippen MR) is 72.2 cm³/mol. The van der Waals surface area contributed by atoms with Crippen LogP contribution >= 0.6 is 11.6 Å². The van der Waals surface area contributed by atoms with Crippen molar-refractivity contribution in [1.82, 2.24) is 14.9 Å². The van der Waals surface area contributed by atoms with E-state index in [1.807, 2.05) is 4.90 Å². The van der Waals surface area contributed by atoms with Gasteiger partial charge in [0, 0.05) is 50.6 Å². The van der Waals surface area contributed by atoms with Gasteiger partial charge in [0.25, 0.3) is 0 Å². The lowest BCUT2D eigenvalue weighted by atomic mass is 10.1. The zero-order valence-electron chi connectivity index (χ0n) is 10.8. The van der Waals surface area contributed by atoms with Crippen LogP contribution in [0.25, 0.3) is 0 Å². The van der Waals surface area contributed by atoms with Crippen LogP contribution in [0.3, 0.4) is 0 Å². The highest BCUT2D eigenvalue weighted by atomic mass is 35.5. The van der Waals surface area contributed by atoms with Crippen LogP contribution < -0.4 is 4.74 Å². The number of nitrogens with zero attached hydrogens (tertiary/aromatic N) is 3. The molecule has 6 heteroatoms. The van der Waals surface area contributed by atoms with Crippen LogP contribution in [0, 0.1) is 0 Å². The van der Waals surface area contributed by atoms with Crippen molar-refractivity contribution >= 4 is 17.5 Å². The number of hydrogen-bond donors (Lipinski definition) is 0. The highest BCUT2D eigenvalue weighted by Crippen LogP contribution is 2.16. The molecule has 1 saturated heterocycles. The molecule has 0 atom stereocenters. The summed E-state index contributed by atoms with van der Waals surface area (Å²) >= 11 is 5.59. The maximum absolute atomic E-state index is 11.8. The maximum atomic E-state index is 11.8. The van der Waals surface area contributed by atoms with Crippen molar-refractivity contribution in [2.75, 3.05) is 19.0 Å². The van der Waals surface area contributed by atoms with Crippen LogP contribution in [0.15, 0.2) is 18.5 Å². The predicted octanol–water partition coefficient (Wildman–Crippen LogP) is 1.87. The van der Waals surface area contributed by atoms with Crippen molar-refractivity contribution in [3.63, 3.8) is 0 Å². The molecule has 1 aromatic heterocycles. The number of carbonyl (C=O) groups is 1. The number of alkyl halides is 1. The Kier molecular flexibility index (Phi) is 5.39. The number of hydrogen-bond acceptors (Lipinski definition) is 4. The smallest absolute Gasteiger partial charge is 0.316 e. The molecule has 19 heavy (non-hydrogen) atoms. The number of aromatic nitrogens is 2. The third-order valence-electron chi connectivity index (χ3n) is 3.13. The summed E-state index contributed by atoms with van der Waals surface area (Å²) < 4.78 is 5.68. The number of ether oxygens (including phenoxy) is 1. The monoisotopic (exact) mass is 283 g/mol. The molecule has 0 unspecified atom stereocenters. The minimum Gasteiger partial charge on any atom is -0.460 e. The van der Waals surface area contributed by atoms with E-state index < -0.39 is 0 Å². The lowest BCUT2D eigenvalue weighted by Crippen LogP contribution is -2.41. The summed E-state index contributed by atoms with van der Waals surface area (Å²) in [5.41, 5.74) is 0. The van der Waals surface area contributed by atoms with Gasteiger partial charge in [-0.2, -0.15) is 0 Å². The number of piperidine rings is 1. The quantitative estimate of drug-likeness (QED) is 0.774. The Balaban J connectivity index is 1.75. The molecule has 0 aliphatic carbocycles. The molecule has 104 valence electrons. The Hall–Kier alpha value is -1.36.